The van der Waals surface area contributed by atoms with Crippen molar-refractivity contribution >= 4 is 11.8 Å². The zero-order chi connectivity index (χ0) is 17.9. The van der Waals surface area contributed by atoms with Crippen molar-refractivity contribution in [3.8, 4) is 0 Å². The molecule has 3 N–H and O–H groups in total. The quantitative estimate of drug-likeness (QED) is 0.852. The number of hydrogen-bond donors (Lipinski definition) is 2. The first-order valence-corrected chi connectivity index (χ1v) is 7.68. The normalized spacial score (nSPS) is 12.0. The highest BCUT2D eigenvalue weighted by molar-refractivity contribution is 5.97. The van der Waals surface area contributed by atoms with Crippen LogP contribution in [0.15, 0.2) is 28.7 Å². The van der Waals surface area contributed by atoms with Gasteiger partial charge in [-0.05, 0) is 44.9 Å². The molecule has 128 valence electrons. The molecule has 2 aromatic rings. The van der Waals surface area contributed by atoms with Crippen LogP contribution in [0.4, 0.5) is 4.39 Å². The lowest BCUT2D eigenvalue weighted by atomic mass is 9.98. The first-order valence-electron chi connectivity index (χ1n) is 7.68. The molecule has 0 saturated carbocycles. The molecular formula is C18H21FN2O3. The molecule has 6 heteroatoms. The largest absolute Gasteiger partial charge is 0.466 e. The summed E-state index contributed by atoms with van der Waals surface area (Å²) in [5.74, 6) is -0.507. The smallest absolute Gasteiger partial charge is 0.255 e. The Kier molecular flexibility index (Phi) is 5.39. The molecule has 1 aromatic carbocycles. The Hall–Kier alpha value is -2.63. The Bertz CT molecular complexity index is 750. The number of carbonyl (C=O) groups excluding carboxylic acids is 2. The summed E-state index contributed by atoms with van der Waals surface area (Å²) >= 11 is 0. The third kappa shape index (κ3) is 4.01. The van der Waals surface area contributed by atoms with E-state index in [1.807, 2.05) is 6.92 Å². The second-order valence-electron chi connectivity index (χ2n) is 5.85. The summed E-state index contributed by atoms with van der Waals surface area (Å²) in [6, 6.07) is 5.85. The first kappa shape index (κ1) is 17.7. The van der Waals surface area contributed by atoms with E-state index in [9.17, 15) is 14.0 Å². The molecule has 0 saturated heterocycles. The highest BCUT2D eigenvalue weighted by Crippen LogP contribution is 2.20. The molecule has 1 heterocycles. The van der Waals surface area contributed by atoms with Gasteiger partial charge >= 0.3 is 0 Å². The van der Waals surface area contributed by atoms with Gasteiger partial charge in [-0.25, -0.2) is 4.39 Å². The fourth-order valence-corrected chi connectivity index (χ4v) is 2.61. The zero-order valence-corrected chi connectivity index (χ0v) is 14.0. The van der Waals surface area contributed by atoms with E-state index in [2.05, 4.69) is 5.32 Å². The molecule has 0 bridgehead atoms. The van der Waals surface area contributed by atoms with Gasteiger partial charge in [0.25, 0.3) is 5.91 Å². The van der Waals surface area contributed by atoms with Crippen LogP contribution in [-0.2, 0) is 11.2 Å². The molecule has 0 radical (unpaired) electrons. The number of aryl methyl sites for hydroxylation is 2. The molecule has 5 nitrogen and oxygen atoms in total. The van der Waals surface area contributed by atoms with Crippen molar-refractivity contribution in [3.63, 3.8) is 0 Å². The number of nitrogens with one attached hydrogen (secondary N) is 1. The van der Waals surface area contributed by atoms with Crippen LogP contribution in [0.2, 0.25) is 0 Å². The second kappa shape index (κ2) is 7.29. The van der Waals surface area contributed by atoms with Gasteiger partial charge in [-0.3, -0.25) is 9.59 Å². The summed E-state index contributed by atoms with van der Waals surface area (Å²) in [5, 5.41) is 2.73. The molecule has 0 aliphatic heterocycles. The molecule has 0 unspecified atom stereocenters. The minimum Gasteiger partial charge on any atom is -0.466 e. The molecule has 1 atom stereocenters. The Labute approximate surface area is 140 Å². The topological polar surface area (TPSA) is 85.3 Å². The number of rotatable bonds is 6. The van der Waals surface area contributed by atoms with E-state index in [4.69, 9.17) is 10.2 Å². The molecule has 2 amide bonds. The third-order valence-corrected chi connectivity index (χ3v) is 4.10. The zero-order valence-electron chi connectivity index (χ0n) is 14.0. The SMILES string of the molecule is Cc1oc(C)c(C(=O)NC[C@H](Cc2ccc(F)cc2)C(N)=O)c1C. The van der Waals surface area contributed by atoms with Crippen LogP contribution in [0, 0.1) is 32.5 Å². The van der Waals surface area contributed by atoms with Crippen LogP contribution in [0.25, 0.3) is 0 Å². The molecule has 24 heavy (non-hydrogen) atoms. The van der Waals surface area contributed by atoms with Gasteiger partial charge in [-0.15, -0.1) is 0 Å². The van der Waals surface area contributed by atoms with Crippen LogP contribution >= 0.6 is 0 Å². The van der Waals surface area contributed by atoms with Crippen molar-refractivity contribution in [1.82, 2.24) is 5.32 Å². The van der Waals surface area contributed by atoms with E-state index in [-0.39, 0.29) is 18.3 Å². The van der Waals surface area contributed by atoms with Crippen LogP contribution in [0.5, 0.6) is 0 Å². The van der Waals surface area contributed by atoms with Crippen molar-refractivity contribution in [3.05, 3.63) is 58.3 Å². The number of halogens is 1. The van der Waals surface area contributed by atoms with Crippen molar-refractivity contribution in [2.75, 3.05) is 6.54 Å². The minimum atomic E-state index is -0.576. The standard InChI is InChI=1S/C18H21FN2O3/c1-10-11(2)24-12(3)16(10)18(23)21-9-14(17(20)22)8-13-4-6-15(19)7-5-13/h4-7,14H,8-9H2,1-3H3,(H2,20,22)(H,21,23)/t14-/m0/s1. The van der Waals surface area contributed by atoms with Crippen LogP contribution < -0.4 is 11.1 Å². The average molecular weight is 332 g/mol. The van der Waals surface area contributed by atoms with Crippen LogP contribution in [0.1, 0.15) is 33.0 Å². The van der Waals surface area contributed by atoms with Gasteiger partial charge in [-0.2, -0.15) is 0 Å². The Morgan fingerprint density at radius 3 is 2.29 bits per heavy atom. The van der Waals surface area contributed by atoms with Crippen LogP contribution in [0.3, 0.4) is 0 Å². The van der Waals surface area contributed by atoms with E-state index >= 15 is 0 Å². The maximum absolute atomic E-state index is 12.9. The number of primary amides is 1. The molecule has 0 fully saturated rings. The number of hydrogen-bond acceptors (Lipinski definition) is 3. The van der Waals surface area contributed by atoms with E-state index < -0.39 is 11.8 Å². The highest BCUT2D eigenvalue weighted by atomic mass is 19.1. The van der Waals surface area contributed by atoms with Crippen molar-refractivity contribution in [2.24, 2.45) is 11.7 Å². The van der Waals surface area contributed by atoms with E-state index in [0.717, 1.165) is 11.1 Å². The van der Waals surface area contributed by atoms with Gasteiger partial charge in [-0.1, -0.05) is 12.1 Å². The molecular weight excluding hydrogens is 311 g/mol. The van der Waals surface area contributed by atoms with E-state index in [0.29, 0.717) is 23.5 Å². The number of carbonyl (C=O) groups is 2. The van der Waals surface area contributed by atoms with Gasteiger partial charge in [0.1, 0.15) is 17.3 Å². The lowest BCUT2D eigenvalue weighted by molar-refractivity contribution is -0.121. The van der Waals surface area contributed by atoms with Gasteiger partial charge in [0, 0.05) is 12.1 Å². The number of benzene rings is 1. The number of nitrogens with two attached hydrogens (primary N) is 1. The van der Waals surface area contributed by atoms with Crippen molar-refractivity contribution in [1.29, 1.82) is 0 Å². The predicted molar refractivity (Wildman–Crippen MR) is 88.0 cm³/mol. The molecule has 0 spiro atoms. The van der Waals surface area contributed by atoms with Gasteiger partial charge in [0.15, 0.2) is 0 Å². The van der Waals surface area contributed by atoms with E-state index in [1.165, 1.54) is 12.1 Å². The Balaban J connectivity index is 2.04. The summed E-state index contributed by atoms with van der Waals surface area (Å²) in [6.45, 7) is 5.43. The molecule has 0 aliphatic carbocycles. The monoisotopic (exact) mass is 332 g/mol. The summed E-state index contributed by atoms with van der Waals surface area (Å²) in [4.78, 5) is 24.0. The van der Waals surface area contributed by atoms with Crippen molar-refractivity contribution < 1.29 is 18.4 Å². The maximum Gasteiger partial charge on any atom is 0.255 e. The van der Waals surface area contributed by atoms with E-state index in [1.54, 1.807) is 26.0 Å². The van der Waals surface area contributed by atoms with Gasteiger partial charge in [0.05, 0.1) is 11.5 Å². The predicted octanol–water partition coefficient (Wildman–Crippen LogP) is 2.42. The summed E-state index contributed by atoms with van der Waals surface area (Å²) in [7, 11) is 0. The van der Waals surface area contributed by atoms with Crippen molar-refractivity contribution in [2.45, 2.75) is 27.2 Å². The summed E-state index contributed by atoms with van der Waals surface area (Å²) in [5.41, 5.74) is 7.46. The number of furan rings is 1. The fourth-order valence-electron chi connectivity index (χ4n) is 2.61. The van der Waals surface area contributed by atoms with Gasteiger partial charge < -0.3 is 15.5 Å². The Morgan fingerprint density at radius 1 is 1.17 bits per heavy atom. The average Bonchev–Trinajstić information content (AvgIpc) is 2.77. The fraction of sp³-hybridized carbons (Fsp3) is 0.333. The molecule has 2 rings (SSSR count). The summed E-state index contributed by atoms with van der Waals surface area (Å²) in [6.07, 6.45) is 0.332. The van der Waals surface area contributed by atoms with Gasteiger partial charge in [0.2, 0.25) is 5.91 Å². The first-order chi connectivity index (χ1) is 11.3. The highest BCUT2D eigenvalue weighted by Gasteiger charge is 2.21. The summed E-state index contributed by atoms with van der Waals surface area (Å²) < 4.78 is 18.4. The lowest BCUT2D eigenvalue weighted by Gasteiger charge is -2.14. The lowest BCUT2D eigenvalue weighted by Crippen LogP contribution is -2.37. The Morgan fingerprint density at radius 2 is 1.79 bits per heavy atom. The van der Waals surface area contributed by atoms with Crippen LogP contribution in [-0.4, -0.2) is 18.4 Å². The maximum atomic E-state index is 12.9. The molecule has 1 aromatic heterocycles. The second-order valence-corrected chi connectivity index (χ2v) is 5.85. The third-order valence-electron chi connectivity index (χ3n) is 4.10. The minimum absolute atomic E-state index is 0.106. The molecule has 0 aliphatic rings. The number of amides is 2.